The number of nitrogens with two attached hydrogens (primary N) is 2. The molecule has 1 unspecified atom stereocenters. The van der Waals surface area contributed by atoms with Crippen LogP contribution in [0.3, 0.4) is 0 Å². The number of nitrogens with zero attached hydrogens (tertiary/aromatic N) is 3. The minimum absolute atomic E-state index is 0.190. The smallest absolute Gasteiger partial charge is 0.239 e. The topological polar surface area (TPSA) is 120 Å². The van der Waals surface area contributed by atoms with Crippen molar-refractivity contribution in [3.8, 4) is 11.3 Å². The molecule has 2 aromatic heterocycles. The molecule has 3 rings (SSSR count). The lowest BCUT2D eigenvalue weighted by atomic mass is 10.1. The predicted octanol–water partition coefficient (Wildman–Crippen LogP) is 3.19. The van der Waals surface area contributed by atoms with Crippen LogP contribution < -0.4 is 16.8 Å². The van der Waals surface area contributed by atoms with Crippen LogP contribution in [0.2, 0.25) is 0 Å². The summed E-state index contributed by atoms with van der Waals surface area (Å²) in [6.07, 6.45) is 0. The normalized spacial score (nSPS) is 11.9. The highest BCUT2D eigenvalue weighted by Crippen LogP contribution is 2.27. The van der Waals surface area contributed by atoms with Gasteiger partial charge in [-0.2, -0.15) is 0 Å². The minimum Gasteiger partial charge on any atom is -0.383 e. The molecule has 1 amide bonds. The van der Waals surface area contributed by atoms with Gasteiger partial charge in [0.25, 0.3) is 0 Å². The van der Waals surface area contributed by atoms with Crippen LogP contribution in [0.25, 0.3) is 11.3 Å². The van der Waals surface area contributed by atoms with Crippen molar-refractivity contribution in [3.05, 3.63) is 41.3 Å². The molecule has 0 saturated heterocycles. The number of aryl methyl sites for hydroxylation is 1. The van der Waals surface area contributed by atoms with Gasteiger partial charge in [0.1, 0.15) is 11.6 Å². The molecular formula is C17H18N6OS2. The molecule has 9 heteroatoms. The van der Waals surface area contributed by atoms with Crippen molar-refractivity contribution in [3.63, 3.8) is 0 Å². The fraction of sp³-hybridized carbons (Fsp3) is 0.176. The van der Waals surface area contributed by atoms with E-state index in [2.05, 4.69) is 20.3 Å². The van der Waals surface area contributed by atoms with E-state index in [-0.39, 0.29) is 17.5 Å². The molecule has 0 fully saturated rings. The zero-order valence-electron chi connectivity index (χ0n) is 14.3. The SMILES string of the molecule is Cc1ccc(-c2csc(NC(=O)C(C)Sc3nc(N)cc(N)n3)n2)cc1. The van der Waals surface area contributed by atoms with E-state index in [4.69, 9.17) is 11.5 Å². The number of carbonyl (C=O) groups excluding carboxylic acids is 1. The third-order valence-electron chi connectivity index (χ3n) is 3.48. The number of carbonyl (C=O) groups is 1. The van der Waals surface area contributed by atoms with Gasteiger partial charge < -0.3 is 16.8 Å². The van der Waals surface area contributed by atoms with Crippen LogP contribution in [0.1, 0.15) is 12.5 Å². The zero-order chi connectivity index (χ0) is 18.7. The summed E-state index contributed by atoms with van der Waals surface area (Å²) in [5, 5.41) is 5.22. The van der Waals surface area contributed by atoms with Crippen LogP contribution in [0.4, 0.5) is 16.8 Å². The first-order valence-corrected chi connectivity index (χ1v) is 9.57. The largest absolute Gasteiger partial charge is 0.383 e. The quantitative estimate of drug-likeness (QED) is 0.455. The number of anilines is 3. The number of benzene rings is 1. The first kappa shape index (κ1) is 18.2. The summed E-state index contributed by atoms with van der Waals surface area (Å²) < 4.78 is 0. The number of thiazole rings is 1. The van der Waals surface area contributed by atoms with Crippen LogP contribution in [-0.4, -0.2) is 26.1 Å². The van der Waals surface area contributed by atoms with Crippen LogP contribution >= 0.6 is 23.1 Å². The fourth-order valence-corrected chi connectivity index (χ4v) is 3.64. The lowest BCUT2D eigenvalue weighted by Gasteiger charge is -2.09. The van der Waals surface area contributed by atoms with E-state index >= 15 is 0 Å². The van der Waals surface area contributed by atoms with Crippen molar-refractivity contribution in [1.29, 1.82) is 0 Å². The highest BCUT2D eigenvalue weighted by molar-refractivity contribution is 8.00. The number of nitrogen functional groups attached to an aromatic ring is 2. The zero-order valence-corrected chi connectivity index (χ0v) is 15.9. The van der Waals surface area contributed by atoms with E-state index in [0.717, 1.165) is 11.3 Å². The van der Waals surface area contributed by atoms with Gasteiger partial charge in [0.05, 0.1) is 10.9 Å². The Hall–Kier alpha value is -2.65. The standard InChI is InChI=1S/C17H18N6OS2/c1-9-3-5-11(6-4-9)12-8-25-16(20-12)23-15(24)10(2)26-17-21-13(18)7-14(19)22-17/h3-8,10H,1-2H3,(H,20,23,24)(H4,18,19,21,22). The highest BCUT2D eigenvalue weighted by atomic mass is 32.2. The Kier molecular flexibility index (Phi) is 5.38. The average molecular weight is 387 g/mol. The van der Waals surface area contributed by atoms with Crippen molar-refractivity contribution >= 4 is 45.8 Å². The summed E-state index contributed by atoms with van der Waals surface area (Å²) in [7, 11) is 0. The maximum Gasteiger partial charge on any atom is 0.239 e. The van der Waals surface area contributed by atoms with E-state index in [1.807, 2.05) is 36.6 Å². The molecule has 7 nitrogen and oxygen atoms in total. The molecule has 26 heavy (non-hydrogen) atoms. The number of rotatable bonds is 5. The van der Waals surface area contributed by atoms with Gasteiger partial charge in [0.2, 0.25) is 5.91 Å². The second-order valence-corrected chi connectivity index (χ2v) is 7.82. The Morgan fingerprint density at radius 2 is 1.81 bits per heavy atom. The number of nitrogens with one attached hydrogen (secondary N) is 1. The summed E-state index contributed by atoms with van der Waals surface area (Å²) in [6, 6.07) is 9.55. The Morgan fingerprint density at radius 3 is 2.46 bits per heavy atom. The summed E-state index contributed by atoms with van der Waals surface area (Å²) in [4.78, 5) is 25.0. The fourth-order valence-electron chi connectivity index (χ4n) is 2.12. The summed E-state index contributed by atoms with van der Waals surface area (Å²) >= 11 is 2.57. The molecule has 1 aromatic carbocycles. The molecule has 1 atom stereocenters. The van der Waals surface area contributed by atoms with Crippen molar-refractivity contribution in [1.82, 2.24) is 15.0 Å². The van der Waals surface area contributed by atoms with Gasteiger partial charge in [0.15, 0.2) is 10.3 Å². The molecule has 0 radical (unpaired) electrons. The van der Waals surface area contributed by atoms with Crippen molar-refractivity contribution < 1.29 is 4.79 Å². The lowest BCUT2D eigenvalue weighted by molar-refractivity contribution is -0.115. The molecule has 0 aliphatic rings. The van der Waals surface area contributed by atoms with Crippen molar-refractivity contribution in [2.45, 2.75) is 24.3 Å². The molecule has 0 spiro atoms. The minimum atomic E-state index is -0.428. The number of amides is 1. The van der Waals surface area contributed by atoms with Crippen LogP contribution in [0.5, 0.6) is 0 Å². The third-order valence-corrected chi connectivity index (χ3v) is 5.20. The summed E-state index contributed by atoms with van der Waals surface area (Å²) in [6.45, 7) is 3.80. The summed E-state index contributed by atoms with van der Waals surface area (Å²) in [5.41, 5.74) is 14.3. The third kappa shape index (κ3) is 4.50. The second-order valence-electron chi connectivity index (χ2n) is 5.65. The predicted molar refractivity (Wildman–Crippen MR) is 107 cm³/mol. The lowest BCUT2D eigenvalue weighted by Crippen LogP contribution is -2.22. The van der Waals surface area contributed by atoms with Gasteiger partial charge in [-0.15, -0.1) is 11.3 Å². The van der Waals surface area contributed by atoms with Gasteiger partial charge in [-0.1, -0.05) is 41.6 Å². The average Bonchev–Trinajstić information content (AvgIpc) is 3.03. The molecule has 134 valence electrons. The number of aromatic nitrogens is 3. The molecule has 5 N–H and O–H groups in total. The number of thioether (sulfide) groups is 1. The Balaban J connectivity index is 1.65. The molecule has 0 saturated carbocycles. The van der Waals surface area contributed by atoms with Crippen LogP contribution in [0, 0.1) is 6.92 Å². The Bertz CT molecular complexity index is 905. The number of hydrogen-bond acceptors (Lipinski definition) is 8. The Labute approximate surface area is 159 Å². The van der Waals surface area contributed by atoms with E-state index in [0.29, 0.717) is 10.3 Å². The summed E-state index contributed by atoms with van der Waals surface area (Å²) in [5.74, 6) is 0.356. The van der Waals surface area contributed by atoms with Crippen LogP contribution in [-0.2, 0) is 4.79 Å². The number of hydrogen-bond donors (Lipinski definition) is 3. The maximum absolute atomic E-state index is 12.4. The second kappa shape index (κ2) is 7.71. The van der Waals surface area contributed by atoms with E-state index in [9.17, 15) is 4.79 Å². The molecule has 2 heterocycles. The Morgan fingerprint density at radius 1 is 1.15 bits per heavy atom. The molecule has 0 aliphatic heterocycles. The monoisotopic (exact) mass is 386 g/mol. The molecule has 3 aromatic rings. The highest BCUT2D eigenvalue weighted by Gasteiger charge is 2.18. The van der Waals surface area contributed by atoms with Gasteiger partial charge in [-0.05, 0) is 13.8 Å². The maximum atomic E-state index is 12.4. The molecular weight excluding hydrogens is 368 g/mol. The molecule has 0 bridgehead atoms. The van der Waals surface area contributed by atoms with Crippen molar-refractivity contribution in [2.24, 2.45) is 0 Å². The molecule has 0 aliphatic carbocycles. The first-order valence-electron chi connectivity index (χ1n) is 7.81. The van der Waals surface area contributed by atoms with Gasteiger partial charge in [-0.3, -0.25) is 4.79 Å². The van der Waals surface area contributed by atoms with Gasteiger partial charge in [0, 0.05) is 17.0 Å². The van der Waals surface area contributed by atoms with Gasteiger partial charge in [-0.25, -0.2) is 15.0 Å². The van der Waals surface area contributed by atoms with E-state index < -0.39 is 5.25 Å². The van der Waals surface area contributed by atoms with Crippen LogP contribution in [0.15, 0.2) is 40.9 Å². The van der Waals surface area contributed by atoms with E-state index in [1.54, 1.807) is 6.92 Å². The first-order chi connectivity index (χ1) is 12.4. The van der Waals surface area contributed by atoms with Gasteiger partial charge >= 0.3 is 0 Å². The van der Waals surface area contributed by atoms with Crippen molar-refractivity contribution in [2.75, 3.05) is 16.8 Å². The van der Waals surface area contributed by atoms with E-state index in [1.165, 1.54) is 34.7 Å².